The Morgan fingerprint density at radius 1 is 0.559 bits per heavy atom. The number of hydrogen-bond donors (Lipinski definition) is 3. The highest BCUT2D eigenvalue weighted by Gasteiger charge is 2.25. The van der Waals surface area contributed by atoms with Crippen molar-refractivity contribution in [1.82, 2.24) is 9.13 Å². The zero-order valence-electron chi connectivity index (χ0n) is 32.7. The minimum Gasteiger partial charge on any atom is -0.486 e. The van der Waals surface area contributed by atoms with E-state index in [4.69, 9.17) is 21.2 Å². The molecule has 0 atom stereocenters. The first-order valence-corrected chi connectivity index (χ1v) is 19.8. The maximum atomic E-state index is 7.38. The minimum atomic E-state index is -0.351. The summed E-state index contributed by atoms with van der Waals surface area (Å²) in [6, 6.07) is 66.6. The predicted octanol–water partition coefficient (Wildman–Crippen LogP) is 11.2. The summed E-state index contributed by atoms with van der Waals surface area (Å²) in [6.45, 7) is 0.360. The van der Waals surface area contributed by atoms with E-state index in [0.717, 1.165) is 77.1 Å². The molecule has 10 aromatic rings. The summed E-state index contributed by atoms with van der Waals surface area (Å²) in [6.07, 6.45) is 0. The highest BCUT2D eigenvalue weighted by Crippen LogP contribution is 2.44. The fourth-order valence-corrected chi connectivity index (χ4v) is 8.27. The van der Waals surface area contributed by atoms with Gasteiger partial charge < -0.3 is 26.5 Å². The Balaban J connectivity index is 0.00000221. The van der Waals surface area contributed by atoms with Crippen LogP contribution in [0.5, 0.6) is 5.75 Å². The first kappa shape index (κ1) is 37.0. The predicted molar refractivity (Wildman–Crippen MR) is 246 cm³/mol. The topological polar surface area (TPSA) is 110 Å². The van der Waals surface area contributed by atoms with E-state index in [-0.39, 0.29) is 6.04 Å². The third-order valence-corrected chi connectivity index (χ3v) is 10.9. The molecule has 6 N–H and O–H groups in total. The molecule has 0 amide bonds. The number of rotatable bonds is 8. The summed E-state index contributed by atoms with van der Waals surface area (Å²) in [7, 11) is 1.50. The lowest BCUT2D eigenvalue weighted by Crippen LogP contribution is -2.24. The second-order valence-corrected chi connectivity index (χ2v) is 14.3. The van der Waals surface area contributed by atoms with Crippen LogP contribution < -0.4 is 21.9 Å². The summed E-state index contributed by atoms with van der Waals surface area (Å²) in [5.41, 5.74) is 29.5. The molecule has 288 valence electrons. The van der Waals surface area contributed by atoms with Gasteiger partial charge in [-0.05, 0) is 65.2 Å². The van der Waals surface area contributed by atoms with Gasteiger partial charge in [0.1, 0.15) is 12.6 Å². The van der Waals surface area contributed by atoms with Crippen LogP contribution in [-0.2, 0) is 6.61 Å². The fourth-order valence-electron chi connectivity index (χ4n) is 8.27. The largest absolute Gasteiger partial charge is 0.486 e. The maximum absolute atomic E-state index is 7.38. The molecule has 0 aliphatic rings. The number of fused-ring (bicyclic) bond motifs is 6. The molecule has 59 heavy (non-hydrogen) atoms. The van der Waals surface area contributed by atoms with Crippen LogP contribution >= 0.6 is 0 Å². The number of anilines is 1. The van der Waals surface area contributed by atoms with E-state index in [1.54, 1.807) is 0 Å². The van der Waals surface area contributed by atoms with Gasteiger partial charge >= 0.3 is 0 Å². The van der Waals surface area contributed by atoms with Crippen LogP contribution in [0.15, 0.2) is 199 Å². The molecule has 0 spiro atoms. The van der Waals surface area contributed by atoms with Gasteiger partial charge in [-0.25, -0.2) is 4.99 Å². The van der Waals surface area contributed by atoms with Crippen molar-refractivity contribution < 1.29 is 4.74 Å². The lowest BCUT2D eigenvalue weighted by atomic mass is 9.99. The Hall–Kier alpha value is -7.61. The van der Waals surface area contributed by atoms with Crippen molar-refractivity contribution in [2.24, 2.45) is 16.5 Å². The Kier molecular flexibility index (Phi) is 10.1. The second kappa shape index (κ2) is 16.1. The third kappa shape index (κ3) is 6.73. The average molecular weight is 769 g/mol. The molecule has 7 nitrogen and oxygen atoms in total. The van der Waals surface area contributed by atoms with Crippen molar-refractivity contribution in [1.29, 1.82) is 0 Å². The van der Waals surface area contributed by atoms with Crippen LogP contribution in [0, 0.1) is 0 Å². The Labute approximate surface area is 343 Å². The highest BCUT2D eigenvalue weighted by atomic mass is 16.5. The van der Waals surface area contributed by atoms with Crippen LogP contribution in [0.1, 0.15) is 22.7 Å². The van der Waals surface area contributed by atoms with Crippen LogP contribution in [0.4, 0.5) is 5.69 Å². The van der Waals surface area contributed by atoms with Gasteiger partial charge in [-0.2, -0.15) is 0 Å². The molecule has 0 aliphatic heterocycles. The molecule has 0 fully saturated rings. The average Bonchev–Trinajstić information content (AvgIpc) is 3.82. The molecule has 8 aromatic carbocycles. The van der Waals surface area contributed by atoms with Gasteiger partial charge in [-0.15, -0.1) is 0 Å². The van der Waals surface area contributed by atoms with Crippen molar-refractivity contribution in [3.63, 3.8) is 0 Å². The first-order valence-electron chi connectivity index (χ1n) is 19.8. The summed E-state index contributed by atoms with van der Waals surface area (Å²) >= 11 is 0. The number of para-hydroxylation sites is 2. The van der Waals surface area contributed by atoms with Crippen LogP contribution in [0.2, 0.25) is 0 Å². The van der Waals surface area contributed by atoms with Crippen molar-refractivity contribution in [3.8, 4) is 22.6 Å². The van der Waals surface area contributed by atoms with Gasteiger partial charge in [-0.3, -0.25) is 4.57 Å². The molecule has 0 aliphatic carbocycles. The maximum Gasteiger partial charge on any atom is 0.201 e. The smallest absolute Gasteiger partial charge is 0.201 e. The van der Waals surface area contributed by atoms with Crippen molar-refractivity contribution >= 4 is 55.3 Å². The SMILES string of the molecule is CN.NC(=NC(c1ccccc1)c1ccccc1)n1c2ccc(N)c(OCc3ccccc3)c2c2cccc(-n3c4ccccc4c4ccc(-c5ccccc5)cc43)c21. The van der Waals surface area contributed by atoms with Crippen LogP contribution in [0.3, 0.4) is 0 Å². The number of nitrogen functional groups attached to an aromatic ring is 1. The first-order chi connectivity index (χ1) is 29.1. The lowest BCUT2D eigenvalue weighted by molar-refractivity contribution is 0.312. The molecular formula is C52H44N6O. The lowest BCUT2D eigenvalue weighted by Gasteiger charge is -2.18. The third-order valence-electron chi connectivity index (χ3n) is 10.9. The molecular weight excluding hydrogens is 725 g/mol. The van der Waals surface area contributed by atoms with E-state index in [1.165, 1.54) is 7.05 Å². The van der Waals surface area contributed by atoms with Crippen molar-refractivity contribution in [2.45, 2.75) is 12.6 Å². The standard InChI is InChI=1S/C51H39N5O.CH5N/c52-42-30-31-44-47(50(42)57-33-34-16-5-1-6-17-34)41-25-15-27-45(49(41)56(44)51(53)54-48(36-20-9-3-10-21-36)37-22-11-4-12-23-37)55-43-26-14-13-24-39(43)40-29-28-38(32-46(40)55)35-18-7-2-8-19-35;1-2/h1-32,48H,33,52H2,(H2,53,54);2H2,1H3. The van der Waals surface area contributed by atoms with Gasteiger partial charge in [0.2, 0.25) is 5.96 Å². The number of nitrogens with two attached hydrogens (primary N) is 3. The van der Waals surface area contributed by atoms with Crippen LogP contribution in [0.25, 0.3) is 60.4 Å². The van der Waals surface area contributed by atoms with Crippen LogP contribution in [-0.4, -0.2) is 22.1 Å². The highest BCUT2D eigenvalue weighted by molar-refractivity contribution is 6.20. The quantitative estimate of drug-likeness (QED) is 0.0812. The number of hydrogen-bond acceptors (Lipinski definition) is 4. The fraction of sp³-hybridized carbons (Fsp3) is 0.0577. The monoisotopic (exact) mass is 768 g/mol. The molecule has 0 saturated heterocycles. The second-order valence-electron chi connectivity index (χ2n) is 14.3. The van der Waals surface area contributed by atoms with Gasteiger partial charge in [0.15, 0.2) is 5.75 Å². The summed E-state index contributed by atoms with van der Waals surface area (Å²) in [5.74, 6) is 0.964. The summed E-state index contributed by atoms with van der Waals surface area (Å²) in [4.78, 5) is 5.38. The minimum absolute atomic E-state index is 0.351. The zero-order valence-corrected chi connectivity index (χ0v) is 32.7. The Morgan fingerprint density at radius 2 is 1.15 bits per heavy atom. The Morgan fingerprint density at radius 3 is 1.85 bits per heavy atom. The Bertz CT molecular complexity index is 3040. The van der Waals surface area contributed by atoms with E-state index in [9.17, 15) is 0 Å². The molecule has 2 heterocycles. The molecule has 2 aromatic heterocycles. The molecule has 7 heteroatoms. The number of aliphatic imine (C=N–C) groups is 1. The van der Waals surface area contributed by atoms with E-state index < -0.39 is 0 Å². The summed E-state index contributed by atoms with van der Waals surface area (Å²) in [5, 5.41) is 4.16. The normalized spacial score (nSPS) is 11.7. The van der Waals surface area contributed by atoms with Crippen molar-refractivity contribution in [3.05, 3.63) is 211 Å². The van der Waals surface area contributed by atoms with E-state index >= 15 is 0 Å². The van der Waals surface area contributed by atoms with E-state index in [0.29, 0.717) is 24.0 Å². The number of ether oxygens (including phenoxy) is 1. The number of aromatic nitrogens is 2. The van der Waals surface area contributed by atoms with Gasteiger partial charge in [0.25, 0.3) is 0 Å². The molecule has 0 radical (unpaired) electrons. The van der Waals surface area contributed by atoms with Crippen molar-refractivity contribution in [2.75, 3.05) is 12.8 Å². The summed E-state index contributed by atoms with van der Waals surface area (Å²) < 4.78 is 11.1. The molecule has 0 bridgehead atoms. The van der Waals surface area contributed by atoms with E-state index in [2.05, 4.69) is 142 Å². The molecule has 0 unspecified atom stereocenters. The van der Waals surface area contributed by atoms with Gasteiger partial charge in [0, 0.05) is 16.2 Å². The van der Waals surface area contributed by atoms with Gasteiger partial charge in [0.05, 0.1) is 38.8 Å². The number of benzene rings is 8. The zero-order chi connectivity index (χ0) is 40.3. The molecule has 0 saturated carbocycles. The number of nitrogens with zero attached hydrogens (tertiary/aromatic N) is 3. The van der Waals surface area contributed by atoms with Gasteiger partial charge in [-0.1, -0.05) is 164 Å². The molecule has 10 rings (SSSR count). The van der Waals surface area contributed by atoms with E-state index in [1.807, 2.05) is 66.7 Å².